The van der Waals surface area contributed by atoms with E-state index in [1.165, 1.54) is 0 Å². The number of hydrogen-bond donors (Lipinski definition) is 1. The van der Waals surface area contributed by atoms with Crippen LogP contribution in [-0.2, 0) is 4.74 Å². The number of carboxylic acids is 1. The van der Waals surface area contributed by atoms with Gasteiger partial charge in [0.25, 0.3) is 0 Å². The van der Waals surface area contributed by atoms with Gasteiger partial charge in [0.2, 0.25) is 0 Å². The first-order chi connectivity index (χ1) is 9.09. The van der Waals surface area contributed by atoms with E-state index in [1.807, 2.05) is 19.9 Å². The molecule has 0 amide bonds. The third kappa shape index (κ3) is 3.17. The fourth-order valence-corrected chi connectivity index (χ4v) is 2.10. The van der Waals surface area contributed by atoms with Gasteiger partial charge in [-0.3, -0.25) is 0 Å². The predicted molar refractivity (Wildman–Crippen MR) is 72.2 cm³/mol. The summed E-state index contributed by atoms with van der Waals surface area (Å²) in [6, 6.07) is 5.19. The quantitative estimate of drug-likeness (QED) is 0.882. The Morgan fingerprint density at radius 1 is 1.53 bits per heavy atom. The molecule has 0 aliphatic carbocycles. The van der Waals surface area contributed by atoms with Crippen molar-refractivity contribution in [3.63, 3.8) is 0 Å². The molecule has 0 saturated carbocycles. The van der Waals surface area contributed by atoms with Crippen molar-refractivity contribution in [2.75, 3.05) is 31.2 Å². The fourth-order valence-electron chi connectivity index (χ4n) is 2.10. The Bertz CT molecular complexity index is 459. The number of fused-ring (bicyclic) bond motifs is 1. The molecule has 0 aromatic heterocycles. The number of aromatic carboxylic acids is 1. The topological polar surface area (TPSA) is 59.0 Å². The van der Waals surface area contributed by atoms with Crippen molar-refractivity contribution in [1.29, 1.82) is 0 Å². The molecule has 1 heterocycles. The molecule has 1 aromatic carbocycles. The SMILES string of the molecule is CC(C)OCCN1CCOc2c(C(=O)O)cccc21. The van der Waals surface area contributed by atoms with Crippen LogP contribution >= 0.6 is 0 Å². The van der Waals surface area contributed by atoms with E-state index >= 15 is 0 Å². The van der Waals surface area contributed by atoms with Crippen LogP contribution in [0.1, 0.15) is 24.2 Å². The van der Waals surface area contributed by atoms with Crippen molar-refractivity contribution in [3.05, 3.63) is 23.8 Å². The second-order valence-corrected chi connectivity index (χ2v) is 4.71. The number of ether oxygens (including phenoxy) is 2. The van der Waals surface area contributed by atoms with E-state index in [2.05, 4.69) is 4.90 Å². The molecule has 0 atom stereocenters. The first-order valence-corrected chi connectivity index (χ1v) is 6.45. The number of para-hydroxylation sites is 1. The second kappa shape index (κ2) is 5.93. The van der Waals surface area contributed by atoms with E-state index < -0.39 is 5.97 Å². The molecule has 0 radical (unpaired) electrons. The van der Waals surface area contributed by atoms with Gasteiger partial charge in [-0.2, -0.15) is 0 Å². The van der Waals surface area contributed by atoms with E-state index in [4.69, 9.17) is 14.6 Å². The molecule has 0 unspecified atom stereocenters. The van der Waals surface area contributed by atoms with Crippen LogP contribution in [-0.4, -0.2) is 43.5 Å². The van der Waals surface area contributed by atoms with Crippen LogP contribution in [0.4, 0.5) is 5.69 Å². The first kappa shape index (κ1) is 13.7. The lowest BCUT2D eigenvalue weighted by atomic mass is 10.1. The summed E-state index contributed by atoms with van der Waals surface area (Å²) in [5, 5.41) is 9.15. The monoisotopic (exact) mass is 265 g/mol. The highest BCUT2D eigenvalue weighted by Gasteiger charge is 2.23. The van der Waals surface area contributed by atoms with E-state index in [0.29, 0.717) is 19.0 Å². The molecule has 5 nitrogen and oxygen atoms in total. The zero-order chi connectivity index (χ0) is 13.8. The molecule has 1 aliphatic rings. The van der Waals surface area contributed by atoms with Crippen LogP contribution in [0.25, 0.3) is 0 Å². The van der Waals surface area contributed by atoms with Crippen molar-refractivity contribution in [2.24, 2.45) is 0 Å². The Kier molecular flexibility index (Phi) is 4.27. The van der Waals surface area contributed by atoms with E-state index in [0.717, 1.165) is 18.8 Å². The fraction of sp³-hybridized carbons (Fsp3) is 0.500. The minimum absolute atomic E-state index is 0.200. The van der Waals surface area contributed by atoms with Crippen molar-refractivity contribution >= 4 is 11.7 Å². The largest absolute Gasteiger partial charge is 0.489 e. The number of carboxylic acid groups (broad SMARTS) is 1. The van der Waals surface area contributed by atoms with Crippen LogP contribution in [0.3, 0.4) is 0 Å². The van der Waals surface area contributed by atoms with Crippen LogP contribution in [0.2, 0.25) is 0 Å². The summed E-state index contributed by atoms with van der Waals surface area (Å²) in [6.45, 7) is 6.59. The lowest BCUT2D eigenvalue weighted by Crippen LogP contribution is -2.36. The third-order valence-corrected chi connectivity index (χ3v) is 2.99. The van der Waals surface area contributed by atoms with Crippen molar-refractivity contribution < 1.29 is 19.4 Å². The normalized spacial score (nSPS) is 14.2. The Morgan fingerprint density at radius 2 is 2.32 bits per heavy atom. The van der Waals surface area contributed by atoms with Gasteiger partial charge >= 0.3 is 5.97 Å². The Morgan fingerprint density at radius 3 is 3.00 bits per heavy atom. The number of carbonyl (C=O) groups is 1. The smallest absolute Gasteiger partial charge is 0.339 e. The predicted octanol–water partition coefficient (Wildman–Crippen LogP) is 2.01. The van der Waals surface area contributed by atoms with Crippen molar-refractivity contribution in [1.82, 2.24) is 0 Å². The molecule has 0 spiro atoms. The molecule has 1 aromatic rings. The highest BCUT2D eigenvalue weighted by atomic mass is 16.5. The summed E-state index contributed by atoms with van der Waals surface area (Å²) in [5.41, 5.74) is 1.05. The minimum Gasteiger partial charge on any atom is -0.489 e. The van der Waals surface area contributed by atoms with Crippen molar-refractivity contribution in [3.8, 4) is 5.75 Å². The number of anilines is 1. The molecule has 19 heavy (non-hydrogen) atoms. The highest BCUT2D eigenvalue weighted by molar-refractivity contribution is 5.93. The van der Waals surface area contributed by atoms with Gasteiger partial charge in [0.15, 0.2) is 5.75 Å². The summed E-state index contributed by atoms with van der Waals surface area (Å²) in [6.07, 6.45) is 0.200. The third-order valence-electron chi connectivity index (χ3n) is 2.99. The molecule has 5 heteroatoms. The lowest BCUT2D eigenvalue weighted by molar-refractivity contribution is 0.0691. The molecule has 2 rings (SSSR count). The summed E-state index contributed by atoms with van der Waals surface area (Å²) in [7, 11) is 0. The van der Waals surface area contributed by atoms with Gasteiger partial charge in [-0.25, -0.2) is 4.79 Å². The van der Waals surface area contributed by atoms with Gasteiger partial charge in [-0.1, -0.05) is 6.07 Å². The number of hydrogen-bond acceptors (Lipinski definition) is 4. The van der Waals surface area contributed by atoms with Crippen LogP contribution in [0.15, 0.2) is 18.2 Å². The summed E-state index contributed by atoms with van der Waals surface area (Å²) in [4.78, 5) is 13.3. The van der Waals surface area contributed by atoms with Crippen LogP contribution < -0.4 is 9.64 Å². The van der Waals surface area contributed by atoms with Gasteiger partial charge in [0.05, 0.1) is 24.9 Å². The standard InChI is InChI=1S/C14H19NO4/c1-10(2)18-8-6-15-7-9-19-13-11(14(16)17)4-3-5-12(13)15/h3-5,10H,6-9H2,1-2H3,(H,16,17). The molecule has 0 bridgehead atoms. The number of rotatable bonds is 5. The first-order valence-electron chi connectivity index (χ1n) is 6.45. The van der Waals surface area contributed by atoms with Gasteiger partial charge in [-0.15, -0.1) is 0 Å². The van der Waals surface area contributed by atoms with Crippen LogP contribution in [0, 0.1) is 0 Å². The Labute approximate surface area is 112 Å². The summed E-state index contributed by atoms with van der Waals surface area (Å²) < 4.78 is 11.0. The zero-order valence-electron chi connectivity index (χ0n) is 11.3. The van der Waals surface area contributed by atoms with Gasteiger partial charge < -0.3 is 19.5 Å². The molecule has 0 fully saturated rings. The highest BCUT2D eigenvalue weighted by Crippen LogP contribution is 2.34. The molecule has 1 N–H and O–H groups in total. The molecular weight excluding hydrogens is 246 g/mol. The zero-order valence-corrected chi connectivity index (χ0v) is 11.3. The van der Waals surface area contributed by atoms with Crippen molar-refractivity contribution in [2.45, 2.75) is 20.0 Å². The van der Waals surface area contributed by atoms with Gasteiger partial charge in [0, 0.05) is 6.54 Å². The maximum absolute atomic E-state index is 11.2. The van der Waals surface area contributed by atoms with Crippen LogP contribution in [0.5, 0.6) is 5.75 Å². The van der Waals surface area contributed by atoms with E-state index in [-0.39, 0.29) is 11.7 Å². The Hall–Kier alpha value is -1.75. The summed E-state index contributed by atoms with van der Waals surface area (Å²) >= 11 is 0. The van der Waals surface area contributed by atoms with Gasteiger partial charge in [-0.05, 0) is 26.0 Å². The van der Waals surface area contributed by atoms with Gasteiger partial charge in [0.1, 0.15) is 12.2 Å². The Balaban J connectivity index is 2.15. The maximum Gasteiger partial charge on any atom is 0.339 e. The number of benzene rings is 1. The van der Waals surface area contributed by atoms with E-state index in [1.54, 1.807) is 12.1 Å². The average Bonchev–Trinajstić information content (AvgIpc) is 2.37. The average molecular weight is 265 g/mol. The second-order valence-electron chi connectivity index (χ2n) is 4.71. The molecular formula is C14H19NO4. The molecule has 1 aliphatic heterocycles. The molecule has 104 valence electrons. The van der Waals surface area contributed by atoms with E-state index in [9.17, 15) is 4.79 Å². The lowest BCUT2D eigenvalue weighted by Gasteiger charge is -2.32. The number of nitrogens with zero attached hydrogens (tertiary/aromatic N) is 1. The summed E-state index contributed by atoms with van der Waals surface area (Å²) in [5.74, 6) is -0.497. The minimum atomic E-state index is -0.961. The maximum atomic E-state index is 11.2. The molecule has 0 saturated heterocycles.